The third-order valence-electron chi connectivity index (χ3n) is 8.49. The summed E-state index contributed by atoms with van der Waals surface area (Å²) in [6.45, 7) is 0. The van der Waals surface area contributed by atoms with Crippen LogP contribution in [0.25, 0.3) is 76.8 Å². The molecule has 42 heavy (non-hydrogen) atoms. The molecule has 0 unspecified atom stereocenters. The maximum absolute atomic E-state index is 13.7. The van der Waals surface area contributed by atoms with Crippen molar-refractivity contribution < 1.29 is 0 Å². The summed E-state index contributed by atoms with van der Waals surface area (Å²) in [5, 5.41) is 6.14. The zero-order valence-electron chi connectivity index (χ0n) is 22.5. The maximum atomic E-state index is 13.7. The Morgan fingerprint density at radius 1 is 0.452 bits per heavy atom. The average Bonchev–Trinajstić information content (AvgIpc) is 3.39. The van der Waals surface area contributed by atoms with E-state index in [1.165, 1.54) is 21.8 Å². The molecule has 0 spiro atoms. The van der Waals surface area contributed by atoms with Gasteiger partial charge >= 0.3 is 0 Å². The van der Waals surface area contributed by atoms with Gasteiger partial charge in [-0.15, -0.1) is 0 Å². The molecular formula is C38H23N3O. The fraction of sp³-hybridized carbons (Fsp3) is 0. The molecule has 0 saturated carbocycles. The molecule has 196 valence electrons. The van der Waals surface area contributed by atoms with E-state index < -0.39 is 0 Å². The van der Waals surface area contributed by atoms with Gasteiger partial charge in [0.15, 0.2) is 0 Å². The molecule has 0 fully saturated rings. The molecular weight excluding hydrogens is 514 g/mol. The van der Waals surface area contributed by atoms with Crippen LogP contribution >= 0.6 is 0 Å². The highest BCUT2D eigenvalue weighted by Gasteiger charge is 2.16. The number of nitrogens with zero attached hydrogens (tertiary/aromatic N) is 3. The Kier molecular flexibility index (Phi) is 4.73. The second-order valence-electron chi connectivity index (χ2n) is 10.8. The minimum absolute atomic E-state index is 0.0435. The van der Waals surface area contributed by atoms with Crippen molar-refractivity contribution >= 4 is 60.0 Å². The van der Waals surface area contributed by atoms with Crippen LogP contribution in [0.3, 0.4) is 0 Å². The maximum Gasteiger partial charge on any atom is 0.266 e. The van der Waals surface area contributed by atoms with Crippen molar-refractivity contribution in [1.29, 1.82) is 0 Å². The molecule has 0 aliphatic heterocycles. The summed E-state index contributed by atoms with van der Waals surface area (Å²) in [7, 11) is 0. The van der Waals surface area contributed by atoms with Crippen molar-refractivity contribution in [2.45, 2.75) is 0 Å². The molecule has 4 nitrogen and oxygen atoms in total. The normalized spacial score (nSPS) is 11.9. The summed E-state index contributed by atoms with van der Waals surface area (Å²) in [6.07, 6.45) is 0. The predicted octanol–water partition coefficient (Wildman–Crippen LogP) is 8.92. The van der Waals surface area contributed by atoms with Crippen molar-refractivity contribution in [1.82, 2.24) is 14.0 Å². The molecule has 4 heteroatoms. The first kappa shape index (κ1) is 23.0. The van der Waals surface area contributed by atoms with E-state index in [1.807, 2.05) is 42.5 Å². The lowest BCUT2D eigenvalue weighted by Gasteiger charge is -2.13. The van der Waals surface area contributed by atoms with Crippen molar-refractivity contribution in [2.24, 2.45) is 0 Å². The molecule has 0 N–H and O–H groups in total. The molecule has 0 aliphatic carbocycles. The molecule has 9 rings (SSSR count). The molecule has 3 aromatic heterocycles. The van der Waals surface area contributed by atoms with Gasteiger partial charge in [-0.2, -0.15) is 0 Å². The third-order valence-corrected chi connectivity index (χ3v) is 8.49. The number of hydrogen-bond acceptors (Lipinski definition) is 2. The van der Waals surface area contributed by atoms with Crippen LogP contribution in [0, 0.1) is 0 Å². The number of fused-ring (bicyclic) bond motifs is 10. The molecule has 6 aromatic carbocycles. The highest BCUT2D eigenvalue weighted by molar-refractivity contribution is 6.14. The van der Waals surface area contributed by atoms with Gasteiger partial charge in [-0.1, -0.05) is 78.9 Å². The van der Waals surface area contributed by atoms with Gasteiger partial charge < -0.3 is 4.57 Å². The lowest BCUT2D eigenvalue weighted by molar-refractivity contribution is 1.14. The quantitative estimate of drug-likeness (QED) is 0.163. The topological polar surface area (TPSA) is 39.3 Å². The van der Waals surface area contributed by atoms with Crippen LogP contribution in [0.1, 0.15) is 0 Å². The third kappa shape index (κ3) is 3.17. The molecule has 0 radical (unpaired) electrons. The van der Waals surface area contributed by atoms with Gasteiger partial charge in [-0.05, 0) is 77.2 Å². The Bertz CT molecular complexity index is 2590. The summed E-state index contributed by atoms with van der Waals surface area (Å²) < 4.78 is 4.10. The lowest BCUT2D eigenvalue weighted by atomic mass is 9.97. The SMILES string of the molecule is O=c1c2ccccc2nc2c3ccc(-c4ccc5c(c4)c4ccccc4n5-c4ccccc4)cc3c3ccccc3n12. The number of hydrogen-bond donors (Lipinski definition) is 0. The van der Waals surface area contributed by atoms with Gasteiger partial charge in [-0.25, -0.2) is 4.98 Å². The van der Waals surface area contributed by atoms with Crippen LogP contribution in [0.5, 0.6) is 0 Å². The van der Waals surface area contributed by atoms with E-state index in [0.29, 0.717) is 16.6 Å². The molecule has 9 aromatic rings. The molecule has 0 bridgehead atoms. The second-order valence-corrected chi connectivity index (χ2v) is 10.8. The van der Waals surface area contributed by atoms with Gasteiger partial charge in [0.2, 0.25) is 0 Å². The van der Waals surface area contributed by atoms with E-state index in [-0.39, 0.29) is 5.56 Å². The first-order valence-corrected chi connectivity index (χ1v) is 14.1. The van der Waals surface area contributed by atoms with Gasteiger partial charge in [-0.3, -0.25) is 9.20 Å². The fourth-order valence-corrected chi connectivity index (χ4v) is 6.58. The summed E-state index contributed by atoms with van der Waals surface area (Å²) in [5.74, 6) is 0. The Morgan fingerprint density at radius 2 is 1.05 bits per heavy atom. The highest BCUT2D eigenvalue weighted by Crippen LogP contribution is 2.37. The van der Waals surface area contributed by atoms with Crippen LogP contribution in [0.4, 0.5) is 0 Å². The Balaban J connectivity index is 1.33. The van der Waals surface area contributed by atoms with Gasteiger partial charge in [0.05, 0.1) is 27.5 Å². The van der Waals surface area contributed by atoms with Crippen molar-refractivity contribution in [3.8, 4) is 16.8 Å². The number of pyridine rings is 1. The van der Waals surface area contributed by atoms with E-state index in [1.54, 1.807) is 4.40 Å². The second kappa shape index (κ2) is 8.63. The van der Waals surface area contributed by atoms with E-state index in [4.69, 9.17) is 4.98 Å². The largest absolute Gasteiger partial charge is 0.309 e. The Hall–Kier alpha value is -5.74. The number of rotatable bonds is 2. The number of benzene rings is 6. The predicted molar refractivity (Wildman–Crippen MR) is 174 cm³/mol. The molecule has 0 amide bonds. The van der Waals surface area contributed by atoms with Crippen LogP contribution in [0.2, 0.25) is 0 Å². The molecule has 3 heterocycles. The summed E-state index contributed by atoms with van der Waals surface area (Å²) >= 11 is 0. The van der Waals surface area contributed by atoms with Crippen molar-refractivity contribution in [3.05, 3.63) is 150 Å². The van der Waals surface area contributed by atoms with Crippen LogP contribution in [-0.2, 0) is 0 Å². The van der Waals surface area contributed by atoms with Crippen LogP contribution < -0.4 is 5.56 Å². The lowest BCUT2D eigenvalue weighted by Crippen LogP contribution is -2.16. The van der Waals surface area contributed by atoms with Crippen molar-refractivity contribution in [3.63, 3.8) is 0 Å². The van der Waals surface area contributed by atoms with Crippen LogP contribution in [0.15, 0.2) is 144 Å². The smallest absolute Gasteiger partial charge is 0.266 e. The first-order chi connectivity index (χ1) is 20.8. The highest BCUT2D eigenvalue weighted by atomic mass is 16.1. The summed E-state index contributed by atoms with van der Waals surface area (Å²) in [4.78, 5) is 18.7. The minimum Gasteiger partial charge on any atom is -0.309 e. The van der Waals surface area contributed by atoms with E-state index in [0.717, 1.165) is 38.5 Å². The number of para-hydroxylation sites is 4. The zero-order chi connectivity index (χ0) is 27.8. The molecule has 0 saturated heterocycles. The van der Waals surface area contributed by atoms with Crippen LogP contribution in [-0.4, -0.2) is 14.0 Å². The molecule has 0 aliphatic rings. The van der Waals surface area contributed by atoms with E-state index in [9.17, 15) is 4.79 Å². The zero-order valence-corrected chi connectivity index (χ0v) is 22.5. The fourth-order valence-electron chi connectivity index (χ4n) is 6.58. The summed E-state index contributed by atoms with van der Waals surface area (Å²) in [5.41, 5.74) is 8.00. The minimum atomic E-state index is -0.0435. The standard InChI is InChI=1S/C38H23N3O/c42-38-30-14-4-7-15-33(30)39-37-29-20-18-24(22-31(29)27-12-5-9-17-35(27)41(37)38)25-19-21-36-32(23-25)28-13-6-8-16-34(28)40(36)26-10-2-1-3-11-26/h1-23H. The monoisotopic (exact) mass is 537 g/mol. The molecule has 0 atom stereocenters. The van der Waals surface area contributed by atoms with E-state index >= 15 is 0 Å². The van der Waals surface area contributed by atoms with Gasteiger partial charge in [0.1, 0.15) is 5.65 Å². The first-order valence-electron chi connectivity index (χ1n) is 14.1. The van der Waals surface area contributed by atoms with Gasteiger partial charge in [0, 0.05) is 27.2 Å². The van der Waals surface area contributed by atoms with E-state index in [2.05, 4.69) is 102 Å². The number of aromatic nitrogens is 3. The Labute approximate surface area is 240 Å². The van der Waals surface area contributed by atoms with Crippen molar-refractivity contribution in [2.75, 3.05) is 0 Å². The summed E-state index contributed by atoms with van der Waals surface area (Å²) in [6, 6.07) is 48.1. The average molecular weight is 538 g/mol. The van der Waals surface area contributed by atoms with Gasteiger partial charge in [0.25, 0.3) is 5.56 Å². The Morgan fingerprint density at radius 3 is 1.86 bits per heavy atom.